The van der Waals surface area contributed by atoms with E-state index in [0.29, 0.717) is 5.41 Å². The number of aromatic amines is 1. The predicted octanol–water partition coefficient (Wildman–Crippen LogP) is 6.13. The Morgan fingerprint density at radius 1 is 1.13 bits per heavy atom. The Kier molecular flexibility index (Phi) is 6.03. The Labute approximate surface area is 278 Å². The first-order valence-corrected chi connectivity index (χ1v) is 18.4. The molecule has 4 fully saturated rings. The first kappa shape index (κ1) is 28.7. The number of allylic oxidation sites excluding steroid dienone is 1. The molecule has 47 heavy (non-hydrogen) atoms. The van der Waals surface area contributed by atoms with Gasteiger partial charge in [-0.1, -0.05) is 36.8 Å². The summed E-state index contributed by atoms with van der Waals surface area (Å²) in [5.41, 5.74) is 8.89. The molecular weight excluding hydrogens is 584 g/mol. The van der Waals surface area contributed by atoms with E-state index in [-0.39, 0.29) is 23.3 Å². The lowest BCUT2D eigenvalue weighted by Gasteiger charge is -2.67. The molecule has 1 spiro atoms. The summed E-state index contributed by atoms with van der Waals surface area (Å²) in [6, 6.07) is 13.5. The maximum atomic E-state index is 13.9. The summed E-state index contributed by atoms with van der Waals surface area (Å²) < 4.78 is 13.3. The number of methoxy groups -OCH3 is 1. The van der Waals surface area contributed by atoms with Gasteiger partial charge in [-0.2, -0.15) is 0 Å². The van der Waals surface area contributed by atoms with Gasteiger partial charge in [0.15, 0.2) is 0 Å². The molecule has 7 nitrogen and oxygen atoms in total. The SMILES string of the molecule is CC=C1CN2CC[C@@]34Cc5cc6c7c([nH]c6cc5O[C@@]35[C@@H]2C[C@H]1[C@@H](C(=O)OC)N5c1ccccc14)CC[C@@]1(CC)CCCN(CC7)C1. The summed E-state index contributed by atoms with van der Waals surface area (Å²) >= 11 is 0. The van der Waals surface area contributed by atoms with Crippen molar-refractivity contribution in [2.24, 2.45) is 11.3 Å². The van der Waals surface area contributed by atoms with Crippen molar-refractivity contribution in [1.29, 1.82) is 0 Å². The Morgan fingerprint density at radius 3 is 2.87 bits per heavy atom. The maximum absolute atomic E-state index is 13.9. The number of piperidine rings is 4. The zero-order valence-electron chi connectivity index (χ0n) is 28.2. The van der Waals surface area contributed by atoms with E-state index in [2.05, 4.69) is 76.0 Å². The standard InChI is InChI=1S/C40H48N4O3/c1-4-25-23-43-18-15-39-22-26-19-29-27-12-17-42-16-8-13-38(5-2,24-42)14-11-31(27)41-32(29)21-34(26)47-40(39)35(43)20-28(25)36(37(45)46-3)44(40)33-10-7-6-9-30(33)39/h4,6-7,9-10,19,21,28,35-36,41H,5,8,11-18,20,22-24H2,1-3H3/t28-,35+,36+,38-,39+,40+/m1/s1. The molecule has 0 amide bonds. The van der Waals surface area contributed by atoms with Crippen LogP contribution >= 0.6 is 0 Å². The number of hydrogen-bond donors (Lipinski definition) is 1. The summed E-state index contributed by atoms with van der Waals surface area (Å²) in [6.45, 7) is 10.1. The fourth-order valence-electron chi connectivity index (χ4n) is 12.0. The van der Waals surface area contributed by atoms with Crippen LogP contribution in [0, 0.1) is 11.3 Å². The van der Waals surface area contributed by atoms with Crippen molar-refractivity contribution in [1.82, 2.24) is 14.8 Å². The Morgan fingerprint density at radius 2 is 2.02 bits per heavy atom. The van der Waals surface area contributed by atoms with Crippen molar-refractivity contribution in [3.8, 4) is 5.75 Å². The molecule has 1 unspecified atom stereocenters. The molecule has 4 saturated heterocycles. The summed E-state index contributed by atoms with van der Waals surface area (Å²) in [4.78, 5) is 25.7. The Balaban J connectivity index is 1.14. The van der Waals surface area contributed by atoms with Crippen molar-refractivity contribution < 1.29 is 14.3 Å². The highest BCUT2D eigenvalue weighted by Gasteiger charge is 2.76. The number of carbonyl (C=O) groups is 1. The van der Waals surface area contributed by atoms with E-state index < -0.39 is 11.8 Å². The number of nitrogens with one attached hydrogen (secondary N) is 1. The van der Waals surface area contributed by atoms with Crippen LogP contribution in [0.3, 0.4) is 0 Å². The molecule has 0 saturated carbocycles. The second-order valence-electron chi connectivity index (χ2n) is 15.9. The number of benzene rings is 2. The number of ether oxygens (including phenoxy) is 2. The molecule has 246 valence electrons. The van der Waals surface area contributed by atoms with Crippen molar-refractivity contribution in [2.75, 3.05) is 44.7 Å². The quantitative estimate of drug-likeness (QED) is 0.271. The lowest BCUT2D eigenvalue weighted by Crippen LogP contribution is -2.83. The number of rotatable bonds is 2. The van der Waals surface area contributed by atoms with Crippen molar-refractivity contribution in [3.05, 3.63) is 70.4 Å². The second kappa shape index (κ2) is 9.88. The Hall–Kier alpha value is -3.29. The van der Waals surface area contributed by atoms with Crippen LogP contribution < -0.4 is 9.64 Å². The number of aryl methyl sites for hydroxylation is 1. The van der Waals surface area contributed by atoms with Gasteiger partial charge in [0.1, 0.15) is 11.8 Å². The molecule has 7 atom stereocenters. The highest BCUT2D eigenvalue weighted by atomic mass is 16.5. The van der Waals surface area contributed by atoms with E-state index in [4.69, 9.17) is 9.47 Å². The van der Waals surface area contributed by atoms with Crippen LogP contribution in [0.15, 0.2) is 48.0 Å². The molecule has 2 aromatic carbocycles. The van der Waals surface area contributed by atoms with Crippen LogP contribution in [0.5, 0.6) is 5.75 Å². The second-order valence-corrected chi connectivity index (χ2v) is 15.9. The number of carbonyl (C=O) groups excluding carboxylic acids is 1. The number of H-pyrrole nitrogens is 1. The van der Waals surface area contributed by atoms with Crippen LogP contribution in [0.2, 0.25) is 0 Å². The Bertz CT molecular complexity index is 1850. The molecule has 10 rings (SSSR count). The smallest absolute Gasteiger partial charge is 0.329 e. The molecule has 1 aromatic heterocycles. The molecule has 4 bridgehead atoms. The first-order valence-electron chi connectivity index (χ1n) is 18.4. The molecule has 7 heteroatoms. The number of nitrogens with zero attached hydrogens (tertiary/aromatic N) is 3. The van der Waals surface area contributed by atoms with E-state index in [1.165, 1.54) is 77.6 Å². The van der Waals surface area contributed by atoms with Gasteiger partial charge in [-0.05, 0) is 105 Å². The number of aromatic nitrogens is 1. The molecule has 3 aromatic rings. The van der Waals surface area contributed by atoms with Crippen molar-refractivity contribution in [2.45, 2.75) is 94.9 Å². The van der Waals surface area contributed by atoms with E-state index in [0.717, 1.165) is 63.2 Å². The lowest BCUT2D eigenvalue weighted by molar-refractivity contribution is -0.170. The van der Waals surface area contributed by atoms with Crippen molar-refractivity contribution in [3.63, 3.8) is 0 Å². The minimum absolute atomic E-state index is 0.113. The normalized spacial score (nSPS) is 37.5. The van der Waals surface area contributed by atoms with Crippen molar-refractivity contribution >= 4 is 22.6 Å². The minimum atomic E-state index is -0.665. The zero-order chi connectivity index (χ0) is 31.7. The number of fused-ring (bicyclic) bond motifs is 9. The molecule has 7 aliphatic rings. The zero-order valence-corrected chi connectivity index (χ0v) is 28.2. The molecule has 1 N–H and O–H groups in total. The third-order valence-electron chi connectivity index (χ3n) is 14.3. The lowest BCUT2D eigenvalue weighted by atomic mass is 9.57. The van der Waals surface area contributed by atoms with Gasteiger partial charge in [0, 0.05) is 60.4 Å². The summed E-state index contributed by atoms with van der Waals surface area (Å²) in [5, 5.41) is 1.39. The summed E-state index contributed by atoms with van der Waals surface area (Å²) in [6.07, 6.45) is 12.5. The van der Waals surface area contributed by atoms with Crippen LogP contribution in [-0.4, -0.2) is 78.4 Å². The van der Waals surface area contributed by atoms with Gasteiger partial charge in [0.2, 0.25) is 5.72 Å². The third-order valence-corrected chi connectivity index (χ3v) is 14.3. The van der Waals surface area contributed by atoms with E-state index in [1.54, 1.807) is 7.11 Å². The summed E-state index contributed by atoms with van der Waals surface area (Å²) in [7, 11) is 1.55. The van der Waals surface area contributed by atoms with Gasteiger partial charge in [-0.3, -0.25) is 4.90 Å². The highest BCUT2D eigenvalue weighted by molar-refractivity contribution is 5.89. The fraction of sp³-hybridized carbons (Fsp3) is 0.575. The van der Waals surface area contributed by atoms with Gasteiger partial charge >= 0.3 is 5.97 Å². The van der Waals surface area contributed by atoms with E-state index >= 15 is 0 Å². The van der Waals surface area contributed by atoms with Gasteiger partial charge in [-0.25, -0.2) is 4.79 Å². The molecule has 0 aliphatic carbocycles. The minimum Gasteiger partial charge on any atom is -0.467 e. The fourth-order valence-corrected chi connectivity index (χ4v) is 12.0. The van der Waals surface area contributed by atoms with Crippen LogP contribution in [0.25, 0.3) is 10.9 Å². The highest BCUT2D eigenvalue weighted by Crippen LogP contribution is 2.67. The van der Waals surface area contributed by atoms with E-state index in [9.17, 15) is 4.79 Å². The van der Waals surface area contributed by atoms with Gasteiger partial charge in [0.05, 0.1) is 18.6 Å². The molecular formula is C40H48N4O3. The van der Waals surface area contributed by atoms with E-state index in [1.807, 2.05) is 0 Å². The largest absolute Gasteiger partial charge is 0.467 e. The topological polar surface area (TPSA) is 61.0 Å². The summed E-state index contributed by atoms with van der Waals surface area (Å²) in [5.74, 6) is 0.952. The number of esters is 1. The van der Waals surface area contributed by atoms with Crippen LogP contribution in [0.1, 0.15) is 74.8 Å². The molecule has 8 heterocycles. The number of hydrogen-bond acceptors (Lipinski definition) is 6. The monoisotopic (exact) mass is 632 g/mol. The van der Waals surface area contributed by atoms with Crippen LogP contribution in [-0.2, 0) is 34.2 Å². The third kappa shape index (κ3) is 3.58. The van der Waals surface area contributed by atoms with Gasteiger partial charge in [0.25, 0.3) is 0 Å². The number of anilines is 1. The molecule has 0 radical (unpaired) electrons. The average Bonchev–Trinajstić information content (AvgIpc) is 3.58. The number of para-hydroxylation sites is 1. The first-order chi connectivity index (χ1) is 22.9. The van der Waals surface area contributed by atoms with Crippen LogP contribution in [0.4, 0.5) is 5.69 Å². The van der Waals surface area contributed by atoms with Gasteiger partial charge in [-0.15, -0.1) is 0 Å². The molecule has 7 aliphatic heterocycles. The maximum Gasteiger partial charge on any atom is 0.329 e. The average molecular weight is 633 g/mol. The van der Waals surface area contributed by atoms with Gasteiger partial charge < -0.3 is 24.3 Å². The predicted molar refractivity (Wildman–Crippen MR) is 184 cm³/mol.